The van der Waals surface area contributed by atoms with Gasteiger partial charge >= 0.3 is 0 Å². The molecular weight excluding hydrogens is 252 g/mol. The molecule has 0 radical (unpaired) electrons. The first kappa shape index (κ1) is 12.7. The molecule has 0 saturated heterocycles. The van der Waals surface area contributed by atoms with E-state index in [1.54, 1.807) is 12.1 Å². The van der Waals surface area contributed by atoms with Crippen LogP contribution in [-0.2, 0) is 6.42 Å². The number of para-hydroxylation sites is 1. The highest BCUT2D eigenvalue weighted by Gasteiger charge is 2.33. The summed E-state index contributed by atoms with van der Waals surface area (Å²) in [7, 11) is 0. The van der Waals surface area contributed by atoms with Crippen LogP contribution in [0.2, 0.25) is 0 Å². The summed E-state index contributed by atoms with van der Waals surface area (Å²) in [5.41, 5.74) is 1.32. The number of carbonyl (C=O) groups excluding carboxylic acids is 1. The lowest BCUT2D eigenvalue weighted by molar-refractivity contribution is 0.112. The van der Waals surface area contributed by atoms with Crippen LogP contribution in [0, 0.1) is 0 Å². The summed E-state index contributed by atoms with van der Waals surface area (Å²) in [5, 5.41) is 0. The van der Waals surface area contributed by atoms with Gasteiger partial charge in [-0.3, -0.25) is 4.79 Å². The highest BCUT2D eigenvalue weighted by Crippen LogP contribution is 2.42. The molecule has 2 aromatic carbocycles. The van der Waals surface area contributed by atoms with Crippen LogP contribution in [0.4, 0.5) is 0 Å². The van der Waals surface area contributed by atoms with Gasteiger partial charge in [0.25, 0.3) is 0 Å². The van der Waals surface area contributed by atoms with Crippen LogP contribution in [-0.4, -0.2) is 11.9 Å². The average molecular weight is 268 g/mol. The summed E-state index contributed by atoms with van der Waals surface area (Å²) in [6, 6.07) is 13.1. The van der Waals surface area contributed by atoms with Crippen LogP contribution in [0.1, 0.15) is 29.8 Å². The van der Waals surface area contributed by atoms with Crippen molar-refractivity contribution in [2.45, 2.75) is 25.9 Å². The number of carbonyl (C=O) groups is 1. The molecule has 0 aliphatic carbocycles. The predicted molar refractivity (Wildman–Crippen MR) is 76.8 cm³/mol. The Morgan fingerprint density at radius 3 is 2.65 bits per heavy atom. The minimum Gasteiger partial charge on any atom is -0.487 e. The Bertz CT molecular complexity index is 645. The third-order valence-electron chi connectivity index (χ3n) is 3.29. The zero-order valence-electron chi connectivity index (χ0n) is 11.6. The maximum absolute atomic E-state index is 11.1. The summed E-state index contributed by atoms with van der Waals surface area (Å²) in [6.45, 7) is 4.06. The van der Waals surface area contributed by atoms with Gasteiger partial charge in [-0.15, -0.1) is 0 Å². The van der Waals surface area contributed by atoms with E-state index in [2.05, 4.69) is 0 Å². The zero-order valence-corrected chi connectivity index (χ0v) is 11.6. The highest BCUT2D eigenvalue weighted by atomic mass is 16.5. The summed E-state index contributed by atoms with van der Waals surface area (Å²) in [5.74, 6) is 2.19. The van der Waals surface area contributed by atoms with Crippen LogP contribution < -0.4 is 9.47 Å². The molecule has 0 saturated carbocycles. The van der Waals surface area contributed by atoms with Crippen molar-refractivity contribution in [1.82, 2.24) is 0 Å². The first-order chi connectivity index (χ1) is 9.57. The molecule has 0 amide bonds. The van der Waals surface area contributed by atoms with Crippen molar-refractivity contribution in [2.75, 3.05) is 0 Å². The van der Waals surface area contributed by atoms with Crippen molar-refractivity contribution >= 4 is 6.29 Å². The first-order valence-corrected chi connectivity index (χ1v) is 6.61. The molecule has 1 aliphatic heterocycles. The molecule has 3 nitrogen and oxygen atoms in total. The standard InChI is InChI=1S/C17H16O3/c1-17(2)10-14-15(19-13-6-4-3-5-7-13)8-12(11-18)9-16(14)20-17/h3-9,11H,10H2,1-2H3. The lowest BCUT2D eigenvalue weighted by Gasteiger charge is -2.16. The van der Waals surface area contributed by atoms with Gasteiger partial charge in [0, 0.05) is 17.5 Å². The summed E-state index contributed by atoms with van der Waals surface area (Å²) in [6.07, 6.45) is 1.58. The van der Waals surface area contributed by atoms with E-state index in [9.17, 15) is 4.79 Å². The molecule has 0 atom stereocenters. The van der Waals surface area contributed by atoms with Crippen LogP contribution in [0.5, 0.6) is 17.2 Å². The van der Waals surface area contributed by atoms with Gasteiger partial charge in [-0.05, 0) is 38.1 Å². The SMILES string of the molecule is CC1(C)Cc2c(Oc3ccccc3)cc(C=O)cc2O1. The Morgan fingerprint density at radius 1 is 1.20 bits per heavy atom. The van der Waals surface area contributed by atoms with Crippen LogP contribution in [0.3, 0.4) is 0 Å². The lowest BCUT2D eigenvalue weighted by atomic mass is 10.00. The predicted octanol–water partition coefficient (Wildman–Crippen LogP) is 4.00. The second-order valence-electron chi connectivity index (χ2n) is 5.57. The van der Waals surface area contributed by atoms with E-state index in [1.165, 1.54) is 0 Å². The minimum atomic E-state index is -0.265. The Morgan fingerprint density at radius 2 is 1.95 bits per heavy atom. The average Bonchev–Trinajstić information content (AvgIpc) is 2.74. The van der Waals surface area contributed by atoms with Gasteiger partial charge in [0.2, 0.25) is 0 Å². The van der Waals surface area contributed by atoms with Gasteiger partial charge in [0.05, 0.1) is 0 Å². The largest absolute Gasteiger partial charge is 0.487 e. The third kappa shape index (κ3) is 2.39. The Kier molecular flexibility index (Phi) is 2.97. The normalized spacial score (nSPS) is 15.3. The van der Waals surface area contributed by atoms with Gasteiger partial charge < -0.3 is 9.47 Å². The quantitative estimate of drug-likeness (QED) is 0.789. The fourth-order valence-electron chi connectivity index (χ4n) is 2.44. The first-order valence-electron chi connectivity index (χ1n) is 6.61. The van der Waals surface area contributed by atoms with Crippen molar-refractivity contribution in [1.29, 1.82) is 0 Å². The zero-order chi connectivity index (χ0) is 14.2. The molecule has 2 aromatic rings. The van der Waals surface area contributed by atoms with Gasteiger partial charge in [0.15, 0.2) is 0 Å². The van der Waals surface area contributed by atoms with Crippen molar-refractivity contribution in [2.24, 2.45) is 0 Å². The van der Waals surface area contributed by atoms with E-state index in [0.29, 0.717) is 11.3 Å². The third-order valence-corrected chi connectivity index (χ3v) is 3.29. The van der Waals surface area contributed by atoms with E-state index >= 15 is 0 Å². The topological polar surface area (TPSA) is 35.5 Å². The molecule has 0 bridgehead atoms. The van der Waals surface area contributed by atoms with Crippen LogP contribution in [0.15, 0.2) is 42.5 Å². The van der Waals surface area contributed by atoms with Crippen LogP contribution >= 0.6 is 0 Å². The minimum absolute atomic E-state index is 0.265. The Balaban J connectivity index is 2.03. The number of benzene rings is 2. The number of ether oxygens (including phenoxy) is 2. The molecule has 0 N–H and O–H groups in total. The molecule has 3 rings (SSSR count). The van der Waals surface area contributed by atoms with Gasteiger partial charge in [-0.1, -0.05) is 18.2 Å². The van der Waals surface area contributed by atoms with E-state index < -0.39 is 0 Å². The van der Waals surface area contributed by atoms with Gasteiger partial charge in [-0.2, -0.15) is 0 Å². The lowest BCUT2D eigenvalue weighted by Crippen LogP contribution is -2.24. The number of hydrogen-bond donors (Lipinski definition) is 0. The van der Waals surface area contributed by atoms with Gasteiger partial charge in [-0.25, -0.2) is 0 Å². The molecule has 3 heteroatoms. The molecule has 0 aromatic heterocycles. The summed E-state index contributed by atoms with van der Waals surface area (Å²) < 4.78 is 11.8. The van der Waals surface area contributed by atoms with Crippen molar-refractivity contribution in [3.63, 3.8) is 0 Å². The molecule has 0 unspecified atom stereocenters. The molecule has 1 heterocycles. The molecule has 0 fully saturated rings. The van der Waals surface area contributed by atoms with E-state index in [0.717, 1.165) is 29.8 Å². The number of aldehydes is 1. The monoisotopic (exact) mass is 268 g/mol. The second kappa shape index (κ2) is 4.67. The van der Waals surface area contributed by atoms with E-state index in [4.69, 9.17) is 9.47 Å². The Hall–Kier alpha value is -2.29. The van der Waals surface area contributed by atoms with Crippen LogP contribution in [0.25, 0.3) is 0 Å². The van der Waals surface area contributed by atoms with E-state index in [-0.39, 0.29) is 5.60 Å². The summed E-state index contributed by atoms with van der Waals surface area (Å²) >= 11 is 0. The van der Waals surface area contributed by atoms with Crippen molar-refractivity contribution < 1.29 is 14.3 Å². The summed E-state index contributed by atoms with van der Waals surface area (Å²) in [4.78, 5) is 11.1. The van der Waals surface area contributed by atoms with Crippen molar-refractivity contribution in [3.05, 3.63) is 53.6 Å². The maximum Gasteiger partial charge on any atom is 0.150 e. The maximum atomic E-state index is 11.1. The van der Waals surface area contributed by atoms with Crippen molar-refractivity contribution in [3.8, 4) is 17.2 Å². The smallest absolute Gasteiger partial charge is 0.150 e. The molecule has 20 heavy (non-hydrogen) atoms. The number of hydrogen-bond acceptors (Lipinski definition) is 3. The second-order valence-corrected chi connectivity index (χ2v) is 5.57. The molecule has 1 aliphatic rings. The van der Waals surface area contributed by atoms with Gasteiger partial charge in [0.1, 0.15) is 29.1 Å². The number of fused-ring (bicyclic) bond motifs is 1. The fourth-order valence-corrected chi connectivity index (χ4v) is 2.44. The molecular formula is C17H16O3. The molecule has 102 valence electrons. The Labute approximate surface area is 118 Å². The highest BCUT2D eigenvalue weighted by molar-refractivity contribution is 5.78. The fraction of sp³-hybridized carbons (Fsp3) is 0.235. The van der Waals surface area contributed by atoms with E-state index in [1.807, 2.05) is 44.2 Å². The number of rotatable bonds is 3. The molecule has 0 spiro atoms.